The summed E-state index contributed by atoms with van der Waals surface area (Å²) in [6, 6.07) is 2.82. The molecule has 0 amide bonds. The molecule has 1 aromatic heterocycles. The van der Waals surface area contributed by atoms with Gasteiger partial charge in [0.15, 0.2) is 0 Å². The molecule has 94 valence electrons. The van der Waals surface area contributed by atoms with Gasteiger partial charge in [0.2, 0.25) is 0 Å². The van der Waals surface area contributed by atoms with Crippen LogP contribution in [0.5, 0.6) is 0 Å². The molecule has 2 N–H and O–H groups in total. The number of nitrogens with one attached hydrogen (secondary N) is 1. The van der Waals surface area contributed by atoms with Gasteiger partial charge in [-0.1, -0.05) is 18.5 Å². The van der Waals surface area contributed by atoms with Crippen molar-refractivity contribution in [1.82, 2.24) is 4.98 Å². The van der Waals surface area contributed by atoms with Gasteiger partial charge >= 0.3 is 5.97 Å². The van der Waals surface area contributed by atoms with Gasteiger partial charge in [0.1, 0.15) is 11.0 Å². The lowest BCUT2D eigenvalue weighted by molar-refractivity contribution is 0.0697. The van der Waals surface area contributed by atoms with Gasteiger partial charge in [-0.3, -0.25) is 0 Å². The van der Waals surface area contributed by atoms with E-state index in [2.05, 4.69) is 23.5 Å². The molecular formula is C11H15ClN2O2S. The molecular weight excluding hydrogens is 260 g/mol. The van der Waals surface area contributed by atoms with Crippen molar-refractivity contribution < 1.29 is 9.90 Å². The first-order valence-electron chi connectivity index (χ1n) is 5.20. The molecule has 0 bridgehead atoms. The summed E-state index contributed by atoms with van der Waals surface area (Å²) in [5.74, 6) is -0.502. The third-order valence-electron chi connectivity index (χ3n) is 2.30. The van der Waals surface area contributed by atoms with E-state index >= 15 is 0 Å². The molecule has 0 saturated heterocycles. The Kier molecular flexibility index (Phi) is 5.58. The zero-order chi connectivity index (χ0) is 12.8. The van der Waals surface area contributed by atoms with Crippen molar-refractivity contribution in [3.05, 3.63) is 22.8 Å². The van der Waals surface area contributed by atoms with Crippen molar-refractivity contribution in [3.8, 4) is 0 Å². The van der Waals surface area contributed by atoms with Crippen LogP contribution in [0.2, 0.25) is 5.15 Å². The van der Waals surface area contributed by atoms with Gasteiger partial charge < -0.3 is 10.4 Å². The number of hydrogen-bond acceptors (Lipinski definition) is 4. The van der Waals surface area contributed by atoms with Crippen LogP contribution in [0.25, 0.3) is 0 Å². The fourth-order valence-corrected chi connectivity index (χ4v) is 1.79. The summed E-state index contributed by atoms with van der Waals surface area (Å²) in [5.41, 5.74) is 0.144. The van der Waals surface area contributed by atoms with Crippen molar-refractivity contribution in [1.29, 1.82) is 0 Å². The zero-order valence-corrected chi connectivity index (χ0v) is 11.3. The van der Waals surface area contributed by atoms with Crippen molar-refractivity contribution in [2.75, 3.05) is 18.1 Å². The summed E-state index contributed by atoms with van der Waals surface area (Å²) < 4.78 is 0. The number of aromatic carboxylic acids is 1. The Morgan fingerprint density at radius 3 is 2.94 bits per heavy atom. The lowest BCUT2D eigenvalue weighted by Crippen LogP contribution is -2.09. The molecule has 1 atom stereocenters. The molecule has 0 saturated carbocycles. The van der Waals surface area contributed by atoms with E-state index in [1.807, 2.05) is 0 Å². The second-order valence-corrected chi connectivity index (χ2v) is 5.29. The summed E-state index contributed by atoms with van der Waals surface area (Å²) in [6.45, 7) is 2.88. The molecule has 0 radical (unpaired) electrons. The van der Waals surface area contributed by atoms with Crippen molar-refractivity contribution in [3.63, 3.8) is 0 Å². The number of halogens is 1. The summed E-state index contributed by atoms with van der Waals surface area (Å²) in [4.78, 5) is 14.8. The number of hydrogen-bond donors (Lipinski definition) is 2. The average Bonchev–Trinajstić information content (AvgIpc) is 2.28. The largest absolute Gasteiger partial charge is 0.478 e. The smallest absolute Gasteiger partial charge is 0.335 e. The van der Waals surface area contributed by atoms with E-state index in [1.54, 1.807) is 11.8 Å². The number of nitrogens with zero attached hydrogens (tertiary/aromatic N) is 1. The molecule has 1 rings (SSSR count). The number of anilines is 1. The first-order chi connectivity index (χ1) is 8.02. The first kappa shape index (κ1) is 14.1. The quantitative estimate of drug-likeness (QED) is 0.781. The maximum atomic E-state index is 10.8. The van der Waals surface area contributed by atoms with E-state index in [1.165, 1.54) is 12.1 Å². The van der Waals surface area contributed by atoms with Gasteiger partial charge in [-0.25, -0.2) is 9.78 Å². The molecule has 0 aliphatic rings. The van der Waals surface area contributed by atoms with Crippen LogP contribution in [0.1, 0.15) is 23.7 Å². The van der Waals surface area contributed by atoms with Gasteiger partial charge in [-0.2, -0.15) is 11.8 Å². The monoisotopic (exact) mass is 274 g/mol. The summed E-state index contributed by atoms with van der Waals surface area (Å²) in [6.07, 6.45) is 3.04. The highest BCUT2D eigenvalue weighted by atomic mass is 35.5. The Balaban J connectivity index is 2.62. The predicted octanol–water partition coefficient (Wildman–Crippen LogP) is 2.99. The fourth-order valence-electron chi connectivity index (χ4n) is 1.23. The van der Waals surface area contributed by atoms with Crippen LogP contribution in [0.15, 0.2) is 12.1 Å². The molecule has 0 fully saturated rings. The summed E-state index contributed by atoms with van der Waals surface area (Å²) in [5, 5.41) is 12.7. The van der Waals surface area contributed by atoms with Crippen LogP contribution >= 0.6 is 23.4 Å². The number of rotatable bonds is 6. The Hall–Kier alpha value is -0.940. The minimum atomic E-state index is -1.00. The van der Waals surface area contributed by atoms with Crippen molar-refractivity contribution in [2.24, 2.45) is 0 Å². The Morgan fingerprint density at radius 2 is 2.35 bits per heavy atom. The van der Waals surface area contributed by atoms with Crippen LogP contribution in [0.3, 0.4) is 0 Å². The van der Waals surface area contributed by atoms with Crippen LogP contribution in [0.4, 0.5) is 5.82 Å². The first-order valence-corrected chi connectivity index (χ1v) is 6.87. The van der Waals surface area contributed by atoms with Gasteiger partial charge in [0.05, 0.1) is 5.56 Å². The third-order valence-corrected chi connectivity index (χ3v) is 3.53. The number of carbonyl (C=O) groups is 1. The van der Waals surface area contributed by atoms with Crippen molar-refractivity contribution >= 4 is 35.1 Å². The third kappa shape index (κ3) is 4.83. The van der Waals surface area contributed by atoms with Crippen molar-refractivity contribution in [2.45, 2.75) is 18.6 Å². The van der Waals surface area contributed by atoms with Crippen LogP contribution < -0.4 is 5.32 Å². The summed E-state index contributed by atoms with van der Waals surface area (Å²) in [7, 11) is 0. The molecule has 17 heavy (non-hydrogen) atoms. The number of aromatic nitrogens is 1. The van der Waals surface area contributed by atoms with Gasteiger partial charge in [-0.15, -0.1) is 0 Å². The highest BCUT2D eigenvalue weighted by molar-refractivity contribution is 7.99. The topological polar surface area (TPSA) is 62.2 Å². The Labute approximate surface area is 110 Å². The number of carboxylic acids is 1. The van der Waals surface area contributed by atoms with Crippen LogP contribution in [-0.4, -0.2) is 34.1 Å². The summed E-state index contributed by atoms with van der Waals surface area (Å²) >= 11 is 7.53. The predicted molar refractivity (Wildman–Crippen MR) is 72.3 cm³/mol. The highest BCUT2D eigenvalue weighted by Gasteiger charge is 2.07. The molecule has 4 nitrogen and oxygen atoms in total. The molecule has 0 aliphatic carbocycles. The Morgan fingerprint density at radius 1 is 1.65 bits per heavy atom. The maximum Gasteiger partial charge on any atom is 0.335 e. The average molecular weight is 275 g/mol. The van der Waals surface area contributed by atoms with E-state index < -0.39 is 5.97 Å². The normalized spacial score (nSPS) is 12.2. The second-order valence-electron chi connectivity index (χ2n) is 3.63. The molecule has 0 aromatic carbocycles. The van der Waals surface area contributed by atoms with Gasteiger partial charge in [0, 0.05) is 11.8 Å². The minimum Gasteiger partial charge on any atom is -0.478 e. The molecule has 1 heterocycles. The van der Waals surface area contributed by atoms with E-state index in [0.29, 0.717) is 11.1 Å². The second kappa shape index (κ2) is 6.71. The van der Waals surface area contributed by atoms with Crippen LogP contribution in [0, 0.1) is 0 Å². The van der Waals surface area contributed by atoms with Gasteiger partial charge in [-0.05, 0) is 24.8 Å². The maximum absolute atomic E-state index is 10.8. The minimum absolute atomic E-state index is 0.144. The van der Waals surface area contributed by atoms with E-state index in [9.17, 15) is 4.79 Å². The fraction of sp³-hybridized carbons (Fsp3) is 0.455. The molecule has 1 unspecified atom stereocenters. The molecule has 0 spiro atoms. The van der Waals surface area contributed by atoms with Crippen LogP contribution in [-0.2, 0) is 0 Å². The number of thioether (sulfide) groups is 1. The van der Waals surface area contributed by atoms with Gasteiger partial charge in [0.25, 0.3) is 0 Å². The molecule has 0 aliphatic heterocycles. The lowest BCUT2D eigenvalue weighted by Gasteiger charge is -2.10. The molecule has 6 heteroatoms. The standard InChI is InChI=1S/C11H15ClN2O2S/c1-7(17-2)3-4-13-10-6-8(11(15)16)5-9(12)14-10/h5-7H,3-4H2,1-2H3,(H,13,14)(H,15,16). The zero-order valence-electron chi connectivity index (χ0n) is 9.74. The number of carboxylic acid groups (broad SMARTS) is 1. The number of pyridine rings is 1. The highest BCUT2D eigenvalue weighted by Crippen LogP contribution is 2.15. The van der Waals surface area contributed by atoms with E-state index in [-0.39, 0.29) is 10.7 Å². The van der Waals surface area contributed by atoms with E-state index in [0.717, 1.165) is 13.0 Å². The molecule has 1 aromatic rings. The lowest BCUT2D eigenvalue weighted by atomic mass is 10.2. The Bertz CT molecular complexity index is 401. The van der Waals surface area contributed by atoms with E-state index in [4.69, 9.17) is 16.7 Å². The SMILES string of the molecule is CSC(C)CCNc1cc(C(=O)O)cc(Cl)n1.